The van der Waals surface area contributed by atoms with Gasteiger partial charge in [0.2, 0.25) is 0 Å². The van der Waals surface area contributed by atoms with Gasteiger partial charge >= 0.3 is 12.1 Å². The lowest BCUT2D eigenvalue weighted by Gasteiger charge is -2.03. The molecule has 0 aliphatic heterocycles. The molecule has 6 nitrogen and oxygen atoms in total. The maximum Gasteiger partial charge on any atom is 0.407 e. The van der Waals surface area contributed by atoms with Crippen molar-refractivity contribution in [2.45, 2.75) is 12.8 Å². The van der Waals surface area contributed by atoms with Gasteiger partial charge in [-0.25, -0.2) is 9.90 Å². The number of alkyl carbamates (subject to hydrolysis) is 1. The number of carbonyl (C=O) groups is 2. The van der Waals surface area contributed by atoms with Crippen molar-refractivity contribution in [3.63, 3.8) is 0 Å². The van der Waals surface area contributed by atoms with Crippen molar-refractivity contribution >= 4 is 12.1 Å². The average Bonchev–Trinajstić information content (AvgIpc) is 2.04. The maximum atomic E-state index is 10.7. The predicted octanol–water partition coefficient (Wildman–Crippen LogP) is 0.00790. The summed E-state index contributed by atoms with van der Waals surface area (Å²) < 4.78 is 4.52. The zero-order valence-electron chi connectivity index (χ0n) is 7.12. The smallest absolute Gasteiger partial charge is 0.407 e. The van der Waals surface area contributed by atoms with Gasteiger partial charge in [0.05, 0.1) is 19.6 Å². The third-order valence-corrected chi connectivity index (χ3v) is 1.13. The third kappa shape index (κ3) is 8.61. The Hall–Kier alpha value is -1.30. The summed E-state index contributed by atoms with van der Waals surface area (Å²) in [6, 6.07) is 0. The van der Waals surface area contributed by atoms with Crippen LogP contribution in [0.15, 0.2) is 0 Å². The molecule has 0 aromatic rings. The summed E-state index contributed by atoms with van der Waals surface area (Å²) in [7, 11) is 0. The number of carboxylic acids is 1. The van der Waals surface area contributed by atoms with Crippen molar-refractivity contribution in [3.8, 4) is 0 Å². The Kier molecular flexibility index (Phi) is 6.62. The van der Waals surface area contributed by atoms with Crippen LogP contribution in [0.4, 0.5) is 4.79 Å². The van der Waals surface area contributed by atoms with Gasteiger partial charge in [-0.1, -0.05) is 0 Å². The number of carboxylic acid groups (broad SMARTS) is 1. The lowest BCUT2D eigenvalue weighted by Crippen LogP contribution is -2.27. The zero-order valence-corrected chi connectivity index (χ0v) is 7.12. The lowest BCUT2D eigenvalue weighted by molar-refractivity contribution is -0.136. The molecule has 0 fully saturated rings. The van der Waals surface area contributed by atoms with Gasteiger partial charge in [0.25, 0.3) is 0 Å². The van der Waals surface area contributed by atoms with E-state index < -0.39 is 12.1 Å². The Balaban J connectivity index is 3.25. The molecule has 0 atom stereocenters. The minimum absolute atomic E-state index is 0.0333. The molecule has 2 N–H and O–H groups in total. The number of rotatable bonds is 6. The fraction of sp³-hybridized carbons (Fsp3) is 0.714. The van der Waals surface area contributed by atoms with Gasteiger partial charge in [-0.15, -0.1) is 0 Å². The zero-order chi connectivity index (χ0) is 10.1. The number of amides is 1. The summed E-state index contributed by atoms with van der Waals surface area (Å²) in [5.41, 5.74) is 0. The number of carbonyl (C=O) groups excluding carboxylic acids is 1. The van der Waals surface area contributed by atoms with E-state index in [1.54, 1.807) is 0 Å². The predicted molar refractivity (Wildman–Crippen MR) is 41.8 cm³/mol. The van der Waals surface area contributed by atoms with Crippen molar-refractivity contribution in [3.05, 3.63) is 0 Å². The SMILES string of the molecule is [O]CCCOC(=O)NCCC(=O)O. The van der Waals surface area contributed by atoms with Crippen molar-refractivity contribution in [2.24, 2.45) is 0 Å². The molecule has 6 heteroatoms. The van der Waals surface area contributed by atoms with Crippen LogP contribution in [-0.4, -0.2) is 36.9 Å². The first-order valence-electron chi connectivity index (χ1n) is 3.87. The average molecular weight is 190 g/mol. The summed E-state index contributed by atoms with van der Waals surface area (Å²) in [5.74, 6) is -0.986. The Morgan fingerprint density at radius 2 is 2.08 bits per heavy atom. The highest BCUT2D eigenvalue weighted by Gasteiger charge is 2.02. The van der Waals surface area contributed by atoms with Crippen molar-refractivity contribution in [1.29, 1.82) is 0 Å². The van der Waals surface area contributed by atoms with Crippen LogP contribution in [0.25, 0.3) is 0 Å². The molecule has 0 heterocycles. The molecular formula is C7H12NO5. The Labute approximate surface area is 75.5 Å². The quantitative estimate of drug-likeness (QED) is 0.576. The second kappa shape index (κ2) is 7.35. The van der Waals surface area contributed by atoms with Crippen LogP contribution in [-0.2, 0) is 14.6 Å². The molecule has 75 valence electrons. The number of ether oxygens (including phenoxy) is 1. The van der Waals surface area contributed by atoms with Gasteiger partial charge in [-0.3, -0.25) is 4.79 Å². The summed E-state index contributed by atoms with van der Waals surface area (Å²) in [6.45, 7) is -0.184. The molecule has 1 radical (unpaired) electrons. The molecule has 0 saturated carbocycles. The van der Waals surface area contributed by atoms with E-state index in [0.717, 1.165) is 0 Å². The standard InChI is InChI=1S/C7H12NO5/c9-4-1-5-13-7(12)8-3-2-6(10)11/h1-5H2,(H,8,12)(H,10,11). The highest BCUT2D eigenvalue weighted by Crippen LogP contribution is 1.83. The topological polar surface area (TPSA) is 95.5 Å². The Morgan fingerprint density at radius 3 is 2.62 bits per heavy atom. The highest BCUT2D eigenvalue weighted by molar-refractivity contribution is 5.70. The van der Waals surface area contributed by atoms with E-state index >= 15 is 0 Å². The van der Waals surface area contributed by atoms with Crippen LogP contribution in [0, 0.1) is 0 Å². The molecule has 0 aromatic carbocycles. The van der Waals surface area contributed by atoms with Crippen LogP contribution in [0.2, 0.25) is 0 Å². The molecule has 1 amide bonds. The van der Waals surface area contributed by atoms with E-state index in [0.29, 0.717) is 0 Å². The molecule has 0 aliphatic rings. The van der Waals surface area contributed by atoms with Crippen molar-refractivity contribution in [1.82, 2.24) is 5.32 Å². The van der Waals surface area contributed by atoms with E-state index in [4.69, 9.17) is 5.11 Å². The minimum atomic E-state index is -0.986. The van der Waals surface area contributed by atoms with Gasteiger partial charge < -0.3 is 15.2 Å². The number of nitrogens with one attached hydrogen (secondary N) is 1. The van der Waals surface area contributed by atoms with Gasteiger partial charge in [0.15, 0.2) is 0 Å². The molecule has 0 spiro atoms. The second-order valence-corrected chi connectivity index (χ2v) is 2.26. The molecule has 0 unspecified atom stereocenters. The summed E-state index contributed by atoms with van der Waals surface area (Å²) in [4.78, 5) is 20.7. The van der Waals surface area contributed by atoms with Crippen LogP contribution in [0.1, 0.15) is 12.8 Å². The first-order chi connectivity index (χ1) is 6.16. The third-order valence-electron chi connectivity index (χ3n) is 1.13. The van der Waals surface area contributed by atoms with E-state index in [1.807, 2.05) is 0 Å². The van der Waals surface area contributed by atoms with Crippen molar-refractivity contribution < 1.29 is 24.5 Å². The lowest BCUT2D eigenvalue weighted by atomic mass is 10.4. The minimum Gasteiger partial charge on any atom is -0.481 e. The fourth-order valence-electron chi connectivity index (χ4n) is 0.546. The van der Waals surface area contributed by atoms with E-state index in [9.17, 15) is 14.7 Å². The van der Waals surface area contributed by atoms with E-state index in [-0.39, 0.29) is 32.6 Å². The highest BCUT2D eigenvalue weighted by atomic mass is 16.5. The molecule has 0 bridgehead atoms. The van der Waals surface area contributed by atoms with Gasteiger partial charge in [-0.2, -0.15) is 0 Å². The van der Waals surface area contributed by atoms with Gasteiger partial charge in [-0.05, 0) is 0 Å². The summed E-state index contributed by atoms with van der Waals surface area (Å²) in [6.07, 6.45) is -0.557. The first-order valence-corrected chi connectivity index (χ1v) is 3.87. The summed E-state index contributed by atoms with van der Waals surface area (Å²) in [5, 5.41) is 20.4. The van der Waals surface area contributed by atoms with Crippen LogP contribution in [0.3, 0.4) is 0 Å². The van der Waals surface area contributed by atoms with Crippen molar-refractivity contribution in [2.75, 3.05) is 19.8 Å². The Morgan fingerprint density at radius 1 is 1.38 bits per heavy atom. The first kappa shape index (κ1) is 11.7. The molecule has 0 aliphatic carbocycles. The number of hydrogen-bond acceptors (Lipinski definition) is 3. The molecular weight excluding hydrogens is 178 g/mol. The van der Waals surface area contributed by atoms with Gasteiger partial charge in [0.1, 0.15) is 0 Å². The van der Waals surface area contributed by atoms with Crippen LogP contribution >= 0.6 is 0 Å². The summed E-state index contributed by atoms with van der Waals surface area (Å²) >= 11 is 0. The fourth-order valence-corrected chi connectivity index (χ4v) is 0.546. The Bertz CT molecular complexity index is 170. The van der Waals surface area contributed by atoms with Gasteiger partial charge in [0, 0.05) is 13.0 Å². The molecule has 0 rings (SSSR count). The maximum absolute atomic E-state index is 10.7. The van der Waals surface area contributed by atoms with Crippen LogP contribution < -0.4 is 5.32 Å². The molecule has 0 aromatic heterocycles. The number of aliphatic carboxylic acids is 1. The van der Waals surface area contributed by atoms with Crippen LogP contribution in [0.5, 0.6) is 0 Å². The largest absolute Gasteiger partial charge is 0.481 e. The normalized spacial score (nSPS) is 9.31. The molecule has 13 heavy (non-hydrogen) atoms. The van der Waals surface area contributed by atoms with E-state index in [1.165, 1.54) is 0 Å². The monoisotopic (exact) mass is 190 g/mol. The number of hydrogen-bond donors (Lipinski definition) is 2. The van der Waals surface area contributed by atoms with E-state index in [2.05, 4.69) is 10.1 Å². The second-order valence-electron chi connectivity index (χ2n) is 2.26. The molecule has 0 saturated heterocycles.